The van der Waals surface area contributed by atoms with E-state index in [9.17, 15) is 0 Å². The summed E-state index contributed by atoms with van der Waals surface area (Å²) in [5, 5.41) is 24.7. The zero-order valence-electron chi connectivity index (χ0n) is 65.1. The van der Waals surface area contributed by atoms with Gasteiger partial charge in [0, 0.05) is 62.0 Å². The molecule has 0 radical (unpaired) electrons. The molecule has 115 heavy (non-hydrogen) atoms. The molecule has 5 heteroatoms. The predicted molar refractivity (Wildman–Crippen MR) is 495 cm³/mol. The minimum atomic E-state index is -0.277. The second kappa shape index (κ2) is 25.3. The minimum Gasteiger partial charge on any atom is -0.311 e. The molecule has 0 spiro atoms. The smallest absolute Gasteiger partial charge is 0.252 e. The summed E-state index contributed by atoms with van der Waals surface area (Å²) in [7, 11) is 0. The number of rotatable bonds is 8. The van der Waals surface area contributed by atoms with Gasteiger partial charge in [0.25, 0.3) is 6.71 Å². The Morgan fingerprint density at radius 2 is 0.539 bits per heavy atom. The van der Waals surface area contributed by atoms with Crippen LogP contribution in [0.4, 0.5) is 51.2 Å². The molecule has 1 aromatic heterocycles. The first-order chi connectivity index (χ1) is 56.3. The van der Waals surface area contributed by atoms with Crippen molar-refractivity contribution in [1.29, 1.82) is 0 Å². The number of aromatic nitrogens is 1. The molecule has 2 aliphatic rings. The molecular weight excluding hydrogens is 1390 g/mol. The van der Waals surface area contributed by atoms with Gasteiger partial charge < -0.3 is 19.3 Å². The zero-order valence-corrected chi connectivity index (χ0v) is 65.1. The fourth-order valence-electron chi connectivity index (χ4n) is 19.8. The summed E-state index contributed by atoms with van der Waals surface area (Å²) in [4.78, 5) is 7.86. The van der Waals surface area contributed by atoms with E-state index in [0.29, 0.717) is 0 Å². The second-order valence-corrected chi connectivity index (χ2v) is 33.9. The van der Waals surface area contributed by atoms with E-state index in [1.807, 2.05) is 0 Å². The first-order valence-corrected chi connectivity index (χ1v) is 40.5. The molecule has 0 saturated heterocycles. The van der Waals surface area contributed by atoms with Crippen molar-refractivity contribution in [3.8, 4) is 27.9 Å². The summed E-state index contributed by atoms with van der Waals surface area (Å²) in [6.45, 7) is 13.7. The van der Waals surface area contributed by atoms with E-state index in [0.717, 1.165) is 68.0 Å². The molecule has 0 saturated carbocycles. The van der Waals surface area contributed by atoms with E-state index in [1.165, 1.54) is 157 Å². The lowest BCUT2D eigenvalue weighted by molar-refractivity contribution is 0.590. The first-order valence-electron chi connectivity index (χ1n) is 40.5. The average molecular weight is 1470 g/mol. The molecule has 20 aromatic carbocycles. The molecule has 21 aromatic rings. The highest BCUT2D eigenvalue weighted by Crippen LogP contribution is 2.53. The lowest BCUT2D eigenvalue weighted by atomic mass is 9.33. The van der Waals surface area contributed by atoms with Gasteiger partial charge in [-0.25, -0.2) is 0 Å². The van der Waals surface area contributed by atoms with Gasteiger partial charge >= 0.3 is 0 Å². The molecule has 2 aliphatic heterocycles. The molecular formula is C110H79BN4. The molecule has 23 rings (SSSR count). The predicted octanol–water partition coefficient (Wildman–Crippen LogP) is 28.6. The van der Waals surface area contributed by atoms with E-state index in [4.69, 9.17) is 0 Å². The summed E-state index contributed by atoms with van der Waals surface area (Å²) < 4.78 is 2.56. The van der Waals surface area contributed by atoms with Crippen molar-refractivity contribution in [2.24, 2.45) is 0 Å². The molecule has 0 amide bonds. The summed E-state index contributed by atoms with van der Waals surface area (Å²) in [6.07, 6.45) is 0. The van der Waals surface area contributed by atoms with Crippen molar-refractivity contribution in [3.63, 3.8) is 0 Å². The van der Waals surface area contributed by atoms with Crippen LogP contribution in [0.15, 0.2) is 370 Å². The molecule has 0 atom stereocenters. The summed E-state index contributed by atoms with van der Waals surface area (Å²) in [5.41, 5.74) is 24.0. The SMILES string of the molecule is CC(C)(C)c1ccc2c(c1)c1cc(C(C)(C)C)ccc1n2-c1ccc2c(c1)N(c1ccc3c4ccccc4c4ccccc4c3c1)c1cc(N(c3ccc(-c4ccccc4)cc3)c3ccc(-c4ccccc4)cc3)cc3c1B2c1cc2c4ccccc4c4ccccc4c2cc1N3c1ccc2c3ccccc3c3ccccc3c2c1. The number of fused-ring (bicyclic) bond motifs is 25. The van der Waals surface area contributed by atoms with Crippen LogP contribution in [0.5, 0.6) is 0 Å². The van der Waals surface area contributed by atoms with E-state index in [1.54, 1.807) is 0 Å². The van der Waals surface area contributed by atoms with Gasteiger partial charge in [0.15, 0.2) is 0 Å². The van der Waals surface area contributed by atoms with Crippen LogP contribution < -0.4 is 31.1 Å². The van der Waals surface area contributed by atoms with Crippen LogP contribution in [0.3, 0.4) is 0 Å². The van der Waals surface area contributed by atoms with Crippen LogP contribution in [-0.2, 0) is 10.8 Å². The van der Waals surface area contributed by atoms with E-state index >= 15 is 0 Å². The maximum atomic E-state index is 2.67. The van der Waals surface area contributed by atoms with Gasteiger partial charge in [-0.05, 0) is 261 Å². The van der Waals surface area contributed by atoms with Gasteiger partial charge in [-0.15, -0.1) is 0 Å². The van der Waals surface area contributed by atoms with Crippen LogP contribution in [0, 0.1) is 0 Å². The zero-order chi connectivity index (χ0) is 76.7. The Kier molecular flexibility index (Phi) is 14.7. The molecule has 4 nitrogen and oxygen atoms in total. The fraction of sp³-hybridized carbons (Fsp3) is 0.0727. The Morgan fingerprint density at radius 3 is 0.922 bits per heavy atom. The van der Waals surface area contributed by atoms with Crippen LogP contribution in [0.2, 0.25) is 0 Å². The van der Waals surface area contributed by atoms with Gasteiger partial charge in [0.05, 0.1) is 16.7 Å². The first kappa shape index (κ1) is 66.8. The molecule has 0 bridgehead atoms. The van der Waals surface area contributed by atoms with Crippen molar-refractivity contribution in [3.05, 3.63) is 381 Å². The minimum absolute atomic E-state index is 0.0694. The summed E-state index contributed by atoms with van der Waals surface area (Å²) in [6, 6.07) is 141. The lowest BCUT2D eigenvalue weighted by Gasteiger charge is -2.45. The standard InChI is InChI=1S/C110H79BN4/c1-109(2,3)72-45-57-102-98(59-72)99-60-73(110(4,5)6)46-58-103(99)113(102)78-53-56-100-104(63-78)114(76-51-54-92-86-35-15-13-29-80(86)82-31-17-21-37-88(82)94(92)61-76)106-64-79(112(74-47-41-70(42-48-74)68-25-9-7-10-26-68)75-49-43-71(44-50-75)69-27-11-8-12-28-69)65-107-108(106)111(100)101-66-96-90-39-23-19-33-84(90)85-34-20-24-40-91(85)97(96)67-105(101)115(107)77-52-55-93-87-36-16-14-30-81(87)83-32-18-22-38-89(83)95(93)62-77/h7-67H,1-6H3. The summed E-state index contributed by atoms with van der Waals surface area (Å²) >= 11 is 0. The number of hydrogen-bond acceptors (Lipinski definition) is 3. The largest absolute Gasteiger partial charge is 0.311 e. The fourth-order valence-corrected chi connectivity index (χ4v) is 19.8. The highest BCUT2D eigenvalue weighted by atomic mass is 15.2. The quantitative estimate of drug-likeness (QED) is 0.111. The number of anilines is 9. The highest BCUT2D eigenvalue weighted by molar-refractivity contribution is 7.00. The molecule has 542 valence electrons. The monoisotopic (exact) mass is 1470 g/mol. The van der Waals surface area contributed by atoms with Crippen LogP contribution in [0.1, 0.15) is 52.7 Å². The highest BCUT2D eigenvalue weighted by Gasteiger charge is 2.45. The normalized spacial score (nSPS) is 12.9. The van der Waals surface area contributed by atoms with Crippen molar-refractivity contribution in [2.75, 3.05) is 14.7 Å². The molecule has 0 N–H and O–H groups in total. The van der Waals surface area contributed by atoms with Crippen molar-refractivity contribution < 1.29 is 0 Å². The molecule has 0 unspecified atom stereocenters. The Hall–Kier alpha value is -14.0. The molecule has 3 heterocycles. The third-order valence-corrected chi connectivity index (χ3v) is 25.4. The Balaban J connectivity index is 0.881. The average Bonchev–Trinajstić information content (AvgIpc) is 0.898. The van der Waals surface area contributed by atoms with Crippen LogP contribution >= 0.6 is 0 Å². The van der Waals surface area contributed by atoms with Gasteiger partial charge in [-0.1, -0.05) is 308 Å². The maximum absolute atomic E-state index is 2.67. The number of hydrogen-bond donors (Lipinski definition) is 0. The topological polar surface area (TPSA) is 14.7 Å². The van der Waals surface area contributed by atoms with E-state index in [-0.39, 0.29) is 17.5 Å². The van der Waals surface area contributed by atoms with Gasteiger partial charge in [0.1, 0.15) is 0 Å². The second-order valence-electron chi connectivity index (χ2n) is 33.9. The number of benzene rings is 20. The maximum Gasteiger partial charge on any atom is 0.252 e. The lowest BCUT2D eigenvalue weighted by Crippen LogP contribution is -2.61. The molecule has 0 aliphatic carbocycles. The van der Waals surface area contributed by atoms with E-state index in [2.05, 4.69) is 431 Å². The van der Waals surface area contributed by atoms with Crippen molar-refractivity contribution in [1.82, 2.24) is 4.57 Å². The van der Waals surface area contributed by atoms with Crippen LogP contribution in [-0.4, -0.2) is 11.3 Å². The Bertz CT molecular complexity index is 7450. The van der Waals surface area contributed by atoms with Gasteiger partial charge in [0.2, 0.25) is 0 Å². The molecule has 0 fully saturated rings. The van der Waals surface area contributed by atoms with Crippen LogP contribution in [0.25, 0.3) is 147 Å². The third kappa shape index (κ3) is 10.3. The van der Waals surface area contributed by atoms with Crippen molar-refractivity contribution >= 4 is 193 Å². The van der Waals surface area contributed by atoms with Gasteiger partial charge in [-0.3, -0.25) is 0 Å². The number of nitrogens with zero attached hydrogens (tertiary/aromatic N) is 4. The van der Waals surface area contributed by atoms with E-state index < -0.39 is 0 Å². The Morgan fingerprint density at radius 1 is 0.217 bits per heavy atom. The summed E-state index contributed by atoms with van der Waals surface area (Å²) in [5.74, 6) is 0. The van der Waals surface area contributed by atoms with Crippen molar-refractivity contribution in [2.45, 2.75) is 52.4 Å². The van der Waals surface area contributed by atoms with Gasteiger partial charge in [-0.2, -0.15) is 0 Å². The third-order valence-electron chi connectivity index (χ3n) is 25.4. The Labute approximate surface area is 669 Å².